The van der Waals surface area contributed by atoms with E-state index in [1.165, 1.54) is 11.3 Å². The molecule has 2 rings (SSSR count). The molecule has 86 valence electrons. The first-order valence-electron chi connectivity index (χ1n) is 5.15. The molecular formula is C11H13NO3S. The molecule has 0 aromatic carbocycles. The van der Waals surface area contributed by atoms with Gasteiger partial charge in [-0.2, -0.15) is 0 Å². The summed E-state index contributed by atoms with van der Waals surface area (Å²) in [5, 5.41) is 10.7. The second-order valence-electron chi connectivity index (χ2n) is 4.01. The SMILES string of the molecule is Cc1ccsc1C(=O)N1CC[C@@H](C(=O)O)C1. The third-order valence-corrected chi connectivity index (χ3v) is 3.89. The van der Waals surface area contributed by atoms with Crippen molar-refractivity contribution in [2.75, 3.05) is 13.1 Å². The number of carboxylic acid groups (broad SMARTS) is 1. The molecule has 16 heavy (non-hydrogen) atoms. The van der Waals surface area contributed by atoms with Crippen LogP contribution >= 0.6 is 11.3 Å². The lowest BCUT2D eigenvalue weighted by atomic mass is 10.1. The number of nitrogens with zero attached hydrogens (tertiary/aromatic N) is 1. The van der Waals surface area contributed by atoms with Gasteiger partial charge in [0.05, 0.1) is 10.8 Å². The second kappa shape index (κ2) is 4.25. The Hall–Kier alpha value is -1.36. The van der Waals surface area contributed by atoms with Gasteiger partial charge in [0.15, 0.2) is 0 Å². The third-order valence-electron chi connectivity index (χ3n) is 2.88. The molecular weight excluding hydrogens is 226 g/mol. The smallest absolute Gasteiger partial charge is 0.308 e. The number of aliphatic carboxylic acids is 1. The molecule has 0 bridgehead atoms. The zero-order valence-corrected chi connectivity index (χ0v) is 9.79. The van der Waals surface area contributed by atoms with Crippen LogP contribution in [0, 0.1) is 12.8 Å². The van der Waals surface area contributed by atoms with Gasteiger partial charge in [0.25, 0.3) is 5.91 Å². The first-order valence-corrected chi connectivity index (χ1v) is 6.03. The van der Waals surface area contributed by atoms with Gasteiger partial charge in [-0.3, -0.25) is 9.59 Å². The number of carbonyl (C=O) groups is 2. The molecule has 1 fully saturated rings. The van der Waals surface area contributed by atoms with Crippen LogP contribution in [-0.4, -0.2) is 35.0 Å². The van der Waals surface area contributed by atoms with Crippen molar-refractivity contribution in [3.8, 4) is 0 Å². The molecule has 4 nitrogen and oxygen atoms in total. The Labute approximate surface area is 97.5 Å². The van der Waals surface area contributed by atoms with E-state index in [2.05, 4.69) is 0 Å². The first kappa shape index (κ1) is 11.1. The third kappa shape index (κ3) is 1.95. The van der Waals surface area contributed by atoms with E-state index in [0.29, 0.717) is 19.5 Å². The molecule has 1 aromatic rings. The van der Waals surface area contributed by atoms with E-state index in [4.69, 9.17) is 5.11 Å². The fourth-order valence-corrected chi connectivity index (χ4v) is 2.77. The van der Waals surface area contributed by atoms with Crippen molar-refractivity contribution in [2.24, 2.45) is 5.92 Å². The number of likely N-dealkylation sites (tertiary alicyclic amines) is 1. The van der Waals surface area contributed by atoms with E-state index < -0.39 is 11.9 Å². The Balaban J connectivity index is 2.08. The van der Waals surface area contributed by atoms with Gasteiger partial charge in [-0.15, -0.1) is 11.3 Å². The largest absolute Gasteiger partial charge is 0.481 e. The van der Waals surface area contributed by atoms with E-state index in [9.17, 15) is 9.59 Å². The summed E-state index contributed by atoms with van der Waals surface area (Å²) in [7, 11) is 0. The fourth-order valence-electron chi connectivity index (χ4n) is 1.88. The molecule has 0 spiro atoms. The van der Waals surface area contributed by atoms with Gasteiger partial charge in [0.2, 0.25) is 0 Å². The Morgan fingerprint density at radius 3 is 2.81 bits per heavy atom. The molecule has 0 aliphatic carbocycles. The summed E-state index contributed by atoms with van der Waals surface area (Å²) in [5.41, 5.74) is 0.966. The average Bonchev–Trinajstić information content (AvgIpc) is 2.84. The van der Waals surface area contributed by atoms with E-state index >= 15 is 0 Å². The maximum Gasteiger partial charge on any atom is 0.308 e. The predicted octanol–water partition coefficient (Wildman–Crippen LogP) is 1.60. The molecule has 0 unspecified atom stereocenters. The lowest BCUT2D eigenvalue weighted by molar-refractivity contribution is -0.141. The summed E-state index contributed by atoms with van der Waals surface area (Å²) < 4.78 is 0. The minimum Gasteiger partial charge on any atom is -0.481 e. The van der Waals surface area contributed by atoms with Gasteiger partial charge < -0.3 is 10.0 Å². The van der Waals surface area contributed by atoms with Gasteiger partial charge in [-0.25, -0.2) is 0 Å². The first-order chi connectivity index (χ1) is 7.59. The quantitative estimate of drug-likeness (QED) is 0.853. The number of rotatable bonds is 2. The minimum atomic E-state index is -0.807. The maximum absolute atomic E-state index is 12.0. The summed E-state index contributed by atoms with van der Waals surface area (Å²) in [6.45, 7) is 2.78. The van der Waals surface area contributed by atoms with Gasteiger partial charge >= 0.3 is 5.97 Å². The number of carbonyl (C=O) groups excluding carboxylic acids is 1. The number of aryl methyl sites for hydroxylation is 1. The number of hydrogen-bond donors (Lipinski definition) is 1. The van der Waals surface area contributed by atoms with Gasteiger partial charge in [-0.05, 0) is 30.4 Å². The standard InChI is InChI=1S/C11H13NO3S/c1-7-3-5-16-9(7)10(13)12-4-2-8(6-12)11(14)15/h3,5,8H,2,4,6H2,1H3,(H,14,15)/t8-/m1/s1. The monoisotopic (exact) mass is 239 g/mol. The number of amides is 1. The van der Waals surface area contributed by atoms with Crippen molar-refractivity contribution in [3.05, 3.63) is 21.9 Å². The van der Waals surface area contributed by atoms with Crippen molar-refractivity contribution in [3.63, 3.8) is 0 Å². The molecule has 0 saturated carbocycles. The van der Waals surface area contributed by atoms with E-state index in [-0.39, 0.29) is 5.91 Å². The highest BCUT2D eigenvalue weighted by atomic mass is 32.1. The van der Waals surface area contributed by atoms with E-state index in [1.54, 1.807) is 4.90 Å². The topological polar surface area (TPSA) is 57.6 Å². The summed E-state index contributed by atoms with van der Waals surface area (Å²) >= 11 is 1.42. The van der Waals surface area contributed by atoms with E-state index in [0.717, 1.165) is 10.4 Å². The molecule has 1 atom stereocenters. The number of thiophene rings is 1. The molecule has 2 heterocycles. The van der Waals surface area contributed by atoms with Crippen LogP contribution in [0.25, 0.3) is 0 Å². The molecule has 0 radical (unpaired) electrons. The number of carboxylic acids is 1. The summed E-state index contributed by atoms with van der Waals surface area (Å²) in [5.74, 6) is -1.24. The molecule has 1 saturated heterocycles. The van der Waals surface area contributed by atoms with Crippen molar-refractivity contribution < 1.29 is 14.7 Å². The predicted molar refractivity (Wildman–Crippen MR) is 60.7 cm³/mol. The van der Waals surface area contributed by atoms with Crippen LogP contribution in [0.4, 0.5) is 0 Å². The Morgan fingerprint density at radius 2 is 2.31 bits per heavy atom. The van der Waals surface area contributed by atoms with Gasteiger partial charge in [0, 0.05) is 13.1 Å². The molecule has 1 aliphatic heterocycles. The highest BCUT2D eigenvalue weighted by Crippen LogP contribution is 2.23. The lowest BCUT2D eigenvalue weighted by Crippen LogP contribution is -2.29. The van der Waals surface area contributed by atoms with Crippen LogP contribution in [0.1, 0.15) is 21.7 Å². The van der Waals surface area contributed by atoms with Crippen molar-refractivity contribution in [2.45, 2.75) is 13.3 Å². The summed E-state index contributed by atoms with van der Waals surface area (Å²) in [6.07, 6.45) is 0.561. The van der Waals surface area contributed by atoms with E-state index in [1.807, 2.05) is 18.4 Å². The number of hydrogen-bond acceptors (Lipinski definition) is 3. The van der Waals surface area contributed by atoms with Crippen LogP contribution in [0.3, 0.4) is 0 Å². The van der Waals surface area contributed by atoms with Crippen LogP contribution < -0.4 is 0 Å². The zero-order chi connectivity index (χ0) is 11.7. The lowest BCUT2D eigenvalue weighted by Gasteiger charge is -2.15. The van der Waals surface area contributed by atoms with Crippen LogP contribution in [-0.2, 0) is 4.79 Å². The summed E-state index contributed by atoms with van der Waals surface area (Å²) in [4.78, 5) is 25.2. The molecule has 1 aromatic heterocycles. The Morgan fingerprint density at radius 1 is 1.56 bits per heavy atom. The average molecular weight is 239 g/mol. The van der Waals surface area contributed by atoms with Crippen LogP contribution in [0.2, 0.25) is 0 Å². The Kier molecular flexibility index (Phi) is 2.96. The second-order valence-corrected chi connectivity index (χ2v) is 4.92. The zero-order valence-electron chi connectivity index (χ0n) is 8.97. The highest BCUT2D eigenvalue weighted by Gasteiger charge is 2.31. The van der Waals surface area contributed by atoms with Gasteiger partial charge in [-0.1, -0.05) is 0 Å². The van der Waals surface area contributed by atoms with Gasteiger partial charge in [0.1, 0.15) is 0 Å². The minimum absolute atomic E-state index is 0.0312. The summed E-state index contributed by atoms with van der Waals surface area (Å²) in [6, 6.07) is 1.91. The normalized spacial score (nSPS) is 20.1. The molecule has 1 aliphatic rings. The molecule has 5 heteroatoms. The van der Waals surface area contributed by atoms with Crippen LogP contribution in [0.5, 0.6) is 0 Å². The fraction of sp³-hybridized carbons (Fsp3) is 0.455. The Bertz CT molecular complexity index is 427. The van der Waals surface area contributed by atoms with Crippen molar-refractivity contribution >= 4 is 23.2 Å². The van der Waals surface area contributed by atoms with Crippen LogP contribution in [0.15, 0.2) is 11.4 Å². The molecule has 1 N–H and O–H groups in total. The maximum atomic E-state index is 12.0. The molecule has 1 amide bonds. The van der Waals surface area contributed by atoms with Crippen molar-refractivity contribution in [1.29, 1.82) is 0 Å². The van der Waals surface area contributed by atoms with Crippen molar-refractivity contribution in [1.82, 2.24) is 4.90 Å². The highest BCUT2D eigenvalue weighted by molar-refractivity contribution is 7.12.